The van der Waals surface area contributed by atoms with Crippen LogP contribution in [0.25, 0.3) is 0 Å². The maximum absolute atomic E-state index is 9.21. The van der Waals surface area contributed by atoms with Crippen LogP contribution in [0, 0.1) is 0 Å². The summed E-state index contributed by atoms with van der Waals surface area (Å²) in [6, 6.07) is 14.2. The van der Waals surface area contributed by atoms with Crippen LogP contribution in [0.5, 0.6) is 0 Å². The van der Waals surface area contributed by atoms with E-state index in [0.717, 1.165) is 24.3 Å². The number of hydrogen-bond donors (Lipinski definition) is 1. The highest BCUT2D eigenvalue weighted by molar-refractivity contribution is 6.31. The van der Waals surface area contributed by atoms with Crippen molar-refractivity contribution in [2.24, 2.45) is 0 Å². The molecular weight excluding hydrogens is 272 g/mol. The fourth-order valence-corrected chi connectivity index (χ4v) is 2.84. The second-order valence-electron chi connectivity index (χ2n) is 5.00. The number of nitrogens with zero attached hydrogens (tertiary/aromatic N) is 2. The average Bonchev–Trinajstić information content (AvgIpc) is 2.48. The van der Waals surface area contributed by atoms with Crippen molar-refractivity contribution in [3.05, 3.63) is 53.1 Å². The first-order valence-electron chi connectivity index (χ1n) is 6.67. The number of para-hydroxylation sites is 2. The van der Waals surface area contributed by atoms with Gasteiger partial charge in [0.25, 0.3) is 0 Å². The Labute approximate surface area is 124 Å². The maximum atomic E-state index is 9.21. The zero-order valence-corrected chi connectivity index (χ0v) is 12.1. The van der Waals surface area contributed by atoms with Gasteiger partial charge < -0.3 is 14.9 Å². The molecule has 4 heteroatoms. The fraction of sp³-hybridized carbons (Fsp3) is 0.250. The molecule has 104 valence electrons. The summed E-state index contributed by atoms with van der Waals surface area (Å²) >= 11 is 6.21. The van der Waals surface area contributed by atoms with Crippen molar-refractivity contribution in [3.8, 4) is 0 Å². The molecule has 0 saturated heterocycles. The van der Waals surface area contributed by atoms with Crippen molar-refractivity contribution in [2.75, 3.05) is 29.9 Å². The van der Waals surface area contributed by atoms with Gasteiger partial charge in [0.1, 0.15) is 0 Å². The molecule has 1 aliphatic rings. The molecule has 1 heterocycles. The molecule has 2 aromatic carbocycles. The summed E-state index contributed by atoms with van der Waals surface area (Å²) in [6.07, 6.45) is 0. The number of fused-ring (bicyclic) bond motifs is 1. The summed E-state index contributed by atoms with van der Waals surface area (Å²) in [4.78, 5) is 4.53. The summed E-state index contributed by atoms with van der Waals surface area (Å²) in [5.74, 6) is 0. The summed E-state index contributed by atoms with van der Waals surface area (Å²) in [6.45, 7) is 1.86. The number of likely N-dealkylation sites (N-methyl/N-ethyl adjacent to an activating group) is 1. The monoisotopic (exact) mass is 288 g/mol. The predicted octanol–water partition coefficient (Wildman–Crippen LogP) is 3.42. The third-order valence-electron chi connectivity index (χ3n) is 3.76. The van der Waals surface area contributed by atoms with Crippen LogP contribution in [-0.2, 0) is 6.61 Å². The molecule has 0 spiro atoms. The molecule has 0 amide bonds. The van der Waals surface area contributed by atoms with Gasteiger partial charge in [0.15, 0.2) is 0 Å². The zero-order chi connectivity index (χ0) is 14.1. The Hall–Kier alpha value is -1.71. The average molecular weight is 289 g/mol. The Bertz CT molecular complexity index is 630. The molecule has 0 atom stereocenters. The maximum Gasteiger partial charge on any atom is 0.0696 e. The van der Waals surface area contributed by atoms with E-state index in [-0.39, 0.29) is 6.61 Å². The molecule has 1 aliphatic heterocycles. The third kappa shape index (κ3) is 2.23. The second kappa shape index (κ2) is 5.35. The Kier molecular flexibility index (Phi) is 3.55. The van der Waals surface area contributed by atoms with Crippen LogP contribution in [-0.4, -0.2) is 25.2 Å². The van der Waals surface area contributed by atoms with Gasteiger partial charge >= 0.3 is 0 Å². The van der Waals surface area contributed by atoms with Gasteiger partial charge in [0.2, 0.25) is 0 Å². The Morgan fingerprint density at radius 3 is 2.55 bits per heavy atom. The van der Waals surface area contributed by atoms with Crippen LogP contribution in [0.4, 0.5) is 17.1 Å². The lowest BCUT2D eigenvalue weighted by Crippen LogP contribution is -2.36. The van der Waals surface area contributed by atoms with Crippen molar-refractivity contribution in [2.45, 2.75) is 6.61 Å². The lowest BCUT2D eigenvalue weighted by Gasteiger charge is -2.37. The first-order valence-corrected chi connectivity index (χ1v) is 7.05. The Balaban J connectivity index is 2.03. The minimum absolute atomic E-state index is 0.0293. The molecule has 0 aromatic heterocycles. The van der Waals surface area contributed by atoms with E-state index in [1.807, 2.05) is 18.2 Å². The molecular formula is C16H17ClN2O. The number of hydrogen-bond acceptors (Lipinski definition) is 3. The van der Waals surface area contributed by atoms with Gasteiger partial charge in [0.05, 0.1) is 18.0 Å². The highest BCUT2D eigenvalue weighted by atomic mass is 35.5. The standard InChI is InChI=1S/C16H17ClN2O/c1-18-8-9-19(16-5-3-2-4-15(16)18)13-7-6-12(11-20)14(17)10-13/h2-7,10,20H,8-9,11H2,1H3. The summed E-state index contributed by atoms with van der Waals surface area (Å²) < 4.78 is 0. The normalized spacial score (nSPS) is 14.3. The Morgan fingerprint density at radius 2 is 1.85 bits per heavy atom. The van der Waals surface area contributed by atoms with Crippen LogP contribution in [0.3, 0.4) is 0 Å². The summed E-state index contributed by atoms with van der Waals surface area (Å²) in [7, 11) is 2.11. The number of rotatable bonds is 2. The number of aliphatic hydroxyl groups excluding tert-OH is 1. The highest BCUT2D eigenvalue weighted by Crippen LogP contribution is 2.37. The number of aliphatic hydroxyl groups is 1. The molecule has 3 rings (SSSR count). The van der Waals surface area contributed by atoms with Gasteiger partial charge in [-0.05, 0) is 29.8 Å². The van der Waals surface area contributed by atoms with E-state index in [4.69, 9.17) is 11.6 Å². The number of benzene rings is 2. The van der Waals surface area contributed by atoms with Gasteiger partial charge in [-0.25, -0.2) is 0 Å². The van der Waals surface area contributed by atoms with E-state index in [2.05, 4.69) is 41.1 Å². The zero-order valence-electron chi connectivity index (χ0n) is 11.4. The summed E-state index contributed by atoms with van der Waals surface area (Å²) in [5.41, 5.74) is 4.24. The SMILES string of the molecule is CN1CCN(c2ccc(CO)c(Cl)c2)c2ccccc21. The van der Waals surface area contributed by atoms with Gasteiger partial charge in [-0.3, -0.25) is 0 Å². The van der Waals surface area contributed by atoms with Crippen LogP contribution in [0.15, 0.2) is 42.5 Å². The van der Waals surface area contributed by atoms with E-state index >= 15 is 0 Å². The van der Waals surface area contributed by atoms with Gasteiger partial charge in [0, 0.05) is 30.8 Å². The summed E-state index contributed by atoms with van der Waals surface area (Å²) in [5, 5.41) is 9.82. The van der Waals surface area contributed by atoms with E-state index in [0.29, 0.717) is 5.02 Å². The minimum Gasteiger partial charge on any atom is -0.392 e. The van der Waals surface area contributed by atoms with Crippen molar-refractivity contribution < 1.29 is 5.11 Å². The van der Waals surface area contributed by atoms with E-state index in [1.165, 1.54) is 11.4 Å². The van der Waals surface area contributed by atoms with Gasteiger partial charge in [-0.15, -0.1) is 0 Å². The molecule has 0 radical (unpaired) electrons. The van der Waals surface area contributed by atoms with Crippen LogP contribution in [0.1, 0.15) is 5.56 Å². The van der Waals surface area contributed by atoms with Crippen molar-refractivity contribution in [3.63, 3.8) is 0 Å². The minimum atomic E-state index is -0.0293. The molecule has 0 saturated carbocycles. The second-order valence-corrected chi connectivity index (χ2v) is 5.40. The molecule has 3 nitrogen and oxygen atoms in total. The molecule has 0 fully saturated rings. The molecule has 0 aliphatic carbocycles. The number of halogens is 1. The largest absolute Gasteiger partial charge is 0.392 e. The predicted molar refractivity (Wildman–Crippen MR) is 84.1 cm³/mol. The molecule has 0 unspecified atom stereocenters. The van der Waals surface area contributed by atoms with E-state index in [1.54, 1.807) is 0 Å². The Morgan fingerprint density at radius 1 is 1.10 bits per heavy atom. The molecule has 2 aromatic rings. The quantitative estimate of drug-likeness (QED) is 0.917. The van der Waals surface area contributed by atoms with E-state index in [9.17, 15) is 5.11 Å². The van der Waals surface area contributed by atoms with Gasteiger partial charge in [-0.1, -0.05) is 29.8 Å². The van der Waals surface area contributed by atoms with Crippen molar-refractivity contribution in [1.82, 2.24) is 0 Å². The molecule has 1 N–H and O–H groups in total. The van der Waals surface area contributed by atoms with Crippen LogP contribution >= 0.6 is 11.6 Å². The van der Waals surface area contributed by atoms with E-state index < -0.39 is 0 Å². The van der Waals surface area contributed by atoms with Gasteiger partial charge in [-0.2, -0.15) is 0 Å². The topological polar surface area (TPSA) is 26.7 Å². The third-order valence-corrected chi connectivity index (χ3v) is 4.11. The molecule has 0 bridgehead atoms. The lowest BCUT2D eigenvalue weighted by molar-refractivity contribution is 0.282. The number of anilines is 3. The first-order chi connectivity index (χ1) is 9.70. The fourth-order valence-electron chi connectivity index (χ4n) is 2.61. The molecule has 20 heavy (non-hydrogen) atoms. The lowest BCUT2D eigenvalue weighted by atomic mass is 10.1. The van der Waals surface area contributed by atoms with Crippen LogP contribution < -0.4 is 9.80 Å². The van der Waals surface area contributed by atoms with Crippen LogP contribution in [0.2, 0.25) is 5.02 Å². The van der Waals surface area contributed by atoms with Crippen molar-refractivity contribution >= 4 is 28.7 Å². The smallest absolute Gasteiger partial charge is 0.0696 e. The first kappa shape index (κ1) is 13.3. The van der Waals surface area contributed by atoms with Crippen molar-refractivity contribution in [1.29, 1.82) is 0 Å². The highest BCUT2D eigenvalue weighted by Gasteiger charge is 2.21.